The van der Waals surface area contributed by atoms with Crippen molar-refractivity contribution >= 4 is 40.5 Å². The Bertz CT molecular complexity index is 1110. The number of fused-ring (bicyclic) bond motifs is 6. The van der Waals surface area contributed by atoms with Crippen molar-refractivity contribution in [2.45, 2.75) is 0 Å². The first-order valence-electron chi connectivity index (χ1n) is 6.49. The van der Waals surface area contributed by atoms with Gasteiger partial charge in [0.05, 0.1) is 0 Å². The third-order valence-electron chi connectivity index (χ3n) is 3.32. The second-order valence-electron chi connectivity index (χ2n) is 4.70. The van der Waals surface area contributed by atoms with Gasteiger partial charge in [-0.05, 0) is 23.2 Å². The van der Waals surface area contributed by atoms with Gasteiger partial charge in [0.25, 0.3) is 17.3 Å². The number of halogens is 2. The summed E-state index contributed by atoms with van der Waals surface area (Å²) in [5, 5.41) is 12.8. The molecule has 0 aliphatic carbocycles. The summed E-state index contributed by atoms with van der Waals surface area (Å²) in [6.07, 6.45) is 0. The summed E-state index contributed by atoms with van der Waals surface area (Å²) in [6.45, 7) is 0. The smallest absolute Gasteiger partial charge is 0.189 e. The lowest BCUT2D eigenvalue weighted by molar-refractivity contribution is 0.816. The SMILES string of the molecule is Clc1nc2n(n1)c1nc(Cl)nn1c1nc(-c3ccccc3)nn21. The predicted molar refractivity (Wildman–Crippen MR) is 81.5 cm³/mol. The van der Waals surface area contributed by atoms with Crippen LogP contribution in [0.5, 0.6) is 0 Å². The number of hydrogen-bond donors (Lipinski definition) is 0. The first kappa shape index (κ1) is 12.7. The second kappa shape index (κ2) is 4.37. The van der Waals surface area contributed by atoms with Gasteiger partial charge in [-0.25, -0.2) is 0 Å². The molecule has 0 spiro atoms. The van der Waals surface area contributed by atoms with Crippen LogP contribution in [0.2, 0.25) is 10.6 Å². The maximum Gasteiger partial charge on any atom is 0.261 e. The molecule has 0 fully saturated rings. The third kappa shape index (κ3) is 1.74. The highest BCUT2D eigenvalue weighted by Crippen LogP contribution is 2.19. The molecule has 4 heterocycles. The molecule has 0 bridgehead atoms. The van der Waals surface area contributed by atoms with Gasteiger partial charge in [0, 0.05) is 5.56 Å². The van der Waals surface area contributed by atoms with E-state index >= 15 is 0 Å². The van der Waals surface area contributed by atoms with E-state index in [0.717, 1.165) is 5.56 Å². The van der Waals surface area contributed by atoms with Crippen molar-refractivity contribution in [1.82, 2.24) is 43.8 Å². The molecule has 0 aliphatic heterocycles. The van der Waals surface area contributed by atoms with Crippen LogP contribution in [-0.4, -0.2) is 43.8 Å². The molecule has 0 amide bonds. The summed E-state index contributed by atoms with van der Waals surface area (Å²) in [7, 11) is 0. The van der Waals surface area contributed by atoms with Crippen LogP contribution in [0.4, 0.5) is 0 Å². The average molecular weight is 346 g/mol. The van der Waals surface area contributed by atoms with Crippen LogP contribution < -0.4 is 0 Å². The summed E-state index contributed by atoms with van der Waals surface area (Å²) in [5.74, 6) is 1.65. The van der Waals surface area contributed by atoms with Crippen molar-refractivity contribution in [3.63, 3.8) is 0 Å². The molecule has 0 saturated heterocycles. The Morgan fingerprint density at radius 3 is 1.78 bits per heavy atom. The fourth-order valence-electron chi connectivity index (χ4n) is 2.39. The maximum absolute atomic E-state index is 5.92. The minimum absolute atomic E-state index is 0.0651. The molecule has 0 unspecified atom stereocenters. The van der Waals surface area contributed by atoms with E-state index in [4.69, 9.17) is 23.2 Å². The molecule has 5 aromatic rings. The Labute approximate surface area is 137 Å². The molecule has 112 valence electrons. The van der Waals surface area contributed by atoms with Crippen LogP contribution in [-0.2, 0) is 0 Å². The molecular formula is C12H5Cl2N9. The minimum atomic E-state index is 0.0651. The Morgan fingerprint density at radius 1 is 0.652 bits per heavy atom. The lowest BCUT2D eigenvalue weighted by Crippen LogP contribution is -2.06. The molecule has 9 nitrogen and oxygen atoms in total. The van der Waals surface area contributed by atoms with Crippen LogP contribution in [0.15, 0.2) is 30.3 Å². The topological polar surface area (TPSA) is 90.6 Å². The van der Waals surface area contributed by atoms with Gasteiger partial charge in [-0.15, -0.1) is 15.3 Å². The average Bonchev–Trinajstić information content (AvgIpc) is 3.23. The summed E-state index contributed by atoms with van der Waals surface area (Å²) < 4.78 is 4.36. The highest BCUT2D eigenvalue weighted by Gasteiger charge is 2.19. The number of hydrogen-bond acceptors (Lipinski definition) is 6. The number of benzene rings is 1. The van der Waals surface area contributed by atoms with Crippen molar-refractivity contribution in [2.24, 2.45) is 0 Å². The van der Waals surface area contributed by atoms with Crippen LogP contribution in [0.1, 0.15) is 0 Å². The van der Waals surface area contributed by atoms with Crippen molar-refractivity contribution < 1.29 is 0 Å². The lowest BCUT2D eigenvalue weighted by atomic mass is 10.2. The molecule has 4 aromatic heterocycles. The Balaban J connectivity index is 1.98. The van der Waals surface area contributed by atoms with Crippen LogP contribution in [0, 0.1) is 0 Å². The highest BCUT2D eigenvalue weighted by molar-refractivity contribution is 6.28. The van der Waals surface area contributed by atoms with E-state index in [9.17, 15) is 0 Å². The van der Waals surface area contributed by atoms with E-state index in [0.29, 0.717) is 23.2 Å². The standard InChI is InChI=1S/C12H5Cl2N9/c13-8-16-11-21-10(15-7(18-21)6-4-2-1-3-5-6)22-12(23(11)20-8)17-9(14)19-22/h1-5H. The fourth-order valence-corrected chi connectivity index (χ4v) is 2.69. The van der Waals surface area contributed by atoms with Crippen LogP contribution in [0.3, 0.4) is 0 Å². The Kier molecular flexibility index (Phi) is 2.42. The van der Waals surface area contributed by atoms with Crippen LogP contribution >= 0.6 is 23.2 Å². The van der Waals surface area contributed by atoms with E-state index in [1.807, 2.05) is 30.3 Å². The van der Waals surface area contributed by atoms with Crippen molar-refractivity contribution in [3.8, 4) is 11.4 Å². The van der Waals surface area contributed by atoms with Gasteiger partial charge in [0.2, 0.25) is 10.6 Å². The van der Waals surface area contributed by atoms with Crippen molar-refractivity contribution in [3.05, 3.63) is 40.9 Å². The molecular weight excluding hydrogens is 341 g/mol. The van der Waals surface area contributed by atoms with E-state index in [-0.39, 0.29) is 10.6 Å². The number of aromatic nitrogens is 9. The predicted octanol–water partition coefficient (Wildman–Crippen LogP) is 1.79. The molecule has 0 aliphatic rings. The van der Waals surface area contributed by atoms with Gasteiger partial charge in [-0.1, -0.05) is 30.3 Å². The number of nitrogens with zero attached hydrogens (tertiary/aromatic N) is 9. The lowest BCUT2D eigenvalue weighted by Gasteiger charge is -1.96. The summed E-state index contributed by atoms with van der Waals surface area (Å²) in [6, 6.07) is 9.56. The molecule has 11 heteroatoms. The first-order chi connectivity index (χ1) is 11.2. The molecule has 23 heavy (non-hydrogen) atoms. The summed E-state index contributed by atoms with van der Waals surface area (Å²) >= 11 is 11.8. The normalized spacial score (nSPS) is 11.9. The third-order valence-corrected chi connectivity index (χ3v) is 3.64. The van der Waals surface area contributed by atoms with Gasteiger partial charge in [0.1, 0.15) is 0 Å². The fraction of sp³-hybridized carbons (Fsp3) is 0. The van der Waals surface area contributed by atoms with Crippen molar-refractivity contribution in [1.29, 1.82) is 0 Å². The van der Waals surface area contributed by atoms with E-state index in [1.54, 1.807) is 0 Å². The quantitative estimate of drug-likeness (QED) is 0.460. The monoisotopic (exact) mass is 345 g/mol. The molecule has 5 rings (SSSR count). The van der Waals surface area contributed by atoms with Gasteiger partial charge in [-0.3, -0.25) is 0 Å². The zero-order chi connectivity index (χ0) is 15.6. The molecule has 0 atom stereocenters. The summed E-state index contributed by atoms with van der Waals surface area (Å²) in [5.41, 5.74) is 0.860. The summed E-state index contributed by atoms with van der Waals surface area (Å²) in [4.78, 5) is 12.8. The second-order valence-corrected chi connectivity index (χ2v) is 5.37. The van der Waals surface area contributed by atoms with Crippen molar-refractivity contribution in [2.75, 3.05) is 0 Å². The first-order valence-corrected chi connectivity index (χ1v) is 7.25. The van der Waals surface area contributed by atoms with E-state index in [2.05, 4.69) is 30.2 Å². The minimum Gasteiger partial charge on any atom is -0.189 e. The van der Waals surface area contributed by atoms with Crippen LogP contribution in [0.25, 0.3) is 28.7 Å². The van der Waals surface area contributed by atoms with Gasteiger partial charge in [-0.2, -0.15) is 28.5 Å². The zero-order valence-electron chi connectivity index (χ0n) is 11.2. The zero-order valence-corrected chi connectivity index (χ0v) is 12.7. The Hall–Kier alpha value is -2.78. The van der Waals surface area contributed by atoms with E-state index < -0.39 is 0 Å². The molecule has 0 radical (unpaired) electrons. The van der Waals surface area contributed by atoms with Gasteiger partial charge >= 0.3 is 0 Å². The Morgan fingerprint density at radius 2 is 1.17 bits per heavy atom. The van der Waals surface area contributed by atoms with Gasteiger partial charge in [0.15, 0.2) is 5.82 Å². The van der Waals surface area contributed by atoms with E-state index in [1.165, 1.54) is 13.5 Å². The largest absolute Gasteiger partial charge is 0.261 e. The van der Waals surface area contributed by atoms with Gasteiger partial charge < -0.3 is 0 Å². The molecule has 1 aromatic carbocycles. The highest BCUT2D eigenvalue weighted by atomic mass is 35.5. The molecule has 0 N–H and O–H groups in total. The maximum atomic E-state index is 5.92. The number of rotatable bonds is 1. The molecule has 0 saturated carbocycles.